The average molecular weight is 293 g/mol. The quantitative estimate of drug-likeness (QED) is 0.724. The summed E-state index contributed by atoms with van der Waals surface area (Å²) in [5, 5.41) is 0.378. The Morgan fingerprint density at radius 3 is 2.80 bits per heavy atom. The number of H-pyrrole nitrogens is 1. The van der Waals surface area contributed by atoms with E-state index in [1.54, 1.807) is 6.92 Å². The zero-order valence-corrected chi connectivity index (χ0v) is 11.1. The van der Waals surface area contributed by atoms with Crippen LogP contribution in [0.15, 0.2) is 23.0 Å². The molecule has 0 saturated heterocycles. The number of nitrogen functional groups attached to an aromatic ring is 1. The van der Waals surface area contributed by atoms with Crippen molar-refractivity contribution in [3.05, 3.63) is 45.8 Å². The minimum atomic E-state index is -0.677. The van der Waals surface area contributed by atoms with E-state index < -0.39 is 11.6 Å². The van der Waals surface area contributed by atoms with Crippen molar-refractivity contribution in [3.8, 4) is 10.4 Å². The van der Waals surface area contributed by atoms with E-state index in [1.807, 2.05) is 0 Å². The fourth-order valence-corrected chi connectivity index (χ4v) is 3.31. The Morgan fingerprint density at radius 2 is 2.10 bits per heavy atom. The first kappa shape index (κ1) is 12.7. The van der Waals surface area contributed by atoms with Gasteiger partial charge in [-0.15, -0.1) is 11.3 Å². The highest BCUT2D eigenvalue weighted by Gasteiger charge is 2.17. The number of fused-ring (bicyclic) bond motifs is 1. The molecule has 4 nitrogen and oxygen atoms in total. The van der Waals surface area contributed by atoms with Crippen molar-refractivity contribution in [1.82, 2.24) is 9.97 Å². The van der Waals surface area contributed by atoms with E-state index >= 15 is 0 Å². The first-order valence-corrected chi connectivity index (χ1v) is 6.53. The summed E-state index contributed by atoms with van der Waals surface area (Å²) in [7, 11) is 0. The largest absolute Gasteiger partial charge is 0.369 e. The number of benzene rings is 1. The topological polar surface area (TPSA) is 71.8 Å². The van der Waals surface area contributed by atoms with Crippen LogP contribution in [0.2, 0.25) is 0 Å². The number of nitrogens with zero attached hydrogens (tertiary/aromatic N) is 1. The van der Waals surface area contributed by atoms with Crippen LogP contribution in [0.5, 0.6) is 0 Å². The Morgan fingerprint density at radius 1 is 1.35 bits per heavy atom. The van der Waals surface area contributed by atoms with E-state index in [-0.39, 0.29) is 17.1 Å². The standard InChI is InChI=1S/C13H9F2N3OS/c1-5-9-11(19)17-13(16)18-12(9)20-10(5)7-3-2-6(14)4-8(7)15/h2-4H,1H3,(H3,16,17,18,19). The highest BCUT2D eigenvalue weighted by Crippen LogP contribution is 2.37. The summed E-state index contributed by atoms with van der Waals surface area (Å²) in [4.78, 5) is 19.3. The molecule has 0 fully saturated rings. The first-order valence-electron chi connectivity index (χ1n) is 5.71. The van der Waals surface area contributed by atoms with Gasteiger partial charge in [0.25, 0.3) is 5.56 Å². The second kappa shape index (κ2) is 4.38. The molecule has 0 saturated carbocycles. The maximum atomic E-state index is 13.9. The molecule has 0 bridgehead atoms. The van der Waals surface area contributed by atoms with Crippen molar-refractivity contribution >= 4 is 27.5 Å². The van der Waals surface area contributed by atoms with E-state index in [4.69, 9.17) is 5.73 Å². The molecule has 20 heavy (non-hydrogen) atoms. The van der Waals surface area contributed by atoms with Gasteiger partial charge in [0, 0.05) is 16.5 Å². The van der Waals surface area contributed by atoms with Crippen LogP contribution in [0.4, 0.5) is 14.7 Å². The molecule has 0 aliphatic rings. The number of hydrogen-bond donors (Lipinski definition) is 2. The van der Waals surface area contributed by atoms with Crippen molar-refractivity contribution in [2.75, 3.05) is 5.73 Å². The normalized spacial score (nSPS) is 11.2. The number of aromatic amines is 1. The first-order chi connectivity index (χ1) is 9.47. The molecule has 0 atom stereocenters. The van der Waals surface area contributed by atoms with Gasteiger partial charge >= 0.3 is 0 Å². The summed E-state index contributed by atoms with van der Waals surface area (Å²) in [6, 6.07) is 3.33. The number of nitrogens with one attached hydrogen (secondary N) is 1. The van der Waals surface area contributed by atoms with Gasteiger partial charge < -0.3 is 5.73 Å². The van der Waals surface area contributed by atoms with E-state index in [0.717, 1.165) is 17.4 Å². The van der Waals surface area contributed by atoms with Crippen LogP contribution in [-0.4, -0.2) is 9.97 Å². The number of aromatic nitrogens is 2. The highest BCUT2D eigenvalue weighted by atomic mass is 32.1. The maximum Gasteiger partial charge on any atom is 0.261 e. The van der Waals surface area contributed by atoms with Crippen LogP contribution in [0, 0.1) is 18.6 Å². The van der Waals surface area contributed by atoms with Gasteiger partial charge in [0.15, 0.2) is 0 Å². The van der Waals surface area contributed by atoms with Gasteiger partial charge in [0.1, 0.15) is 16.5 Å². The lowest BCUT2D eigenvalue weighted by Crippen LogP contribution is -2.10. The van der Waals surface area contributed by atoms with Gasteiger partial charge in [-0.25, -0.2) is 13.8 Å². The van der Waals surface area contributed by atoms with Crippen LogP contribution >= 0.6 is 11.3 Å². The molecule has 0 radical (unpaired) electrons. The molecular weight excluding hydrogens is 284 g/mol. The van der Waals surface area contributed by atoms with Crippen LogP contribution in [0.1, 0.15) is 5.56 Å². The van der Waals surface area contributed by atoms with Crippen molar-refractivity contribution in [2.45, 2.75) is 6.92 Å². The third-order valence-electron chi connectivity index (χ3n) is 2.99. The summed E-state index contributed by atoms with van der Waals surface area (Å²) in [6.07, 6.45) is 0. The molecular formula is C13H9F2N3OS. The van der Waals surface area contributed by atoms with Gasteiger partial charge in [0.05, 0.1) is 5.39 Å². The Balaban J connectivity index is 2.35. The minimum absolute atomic E-state index is 0.00915. The summed E-state index contributed by atoms with van der Waals surface area (Å²) in [6.45, 7) is 1.70. The number of halogens is 2. The van der Waals surface area contributed by atoms with Crippen LogP contribution in [0.25, 0.3) is 20.7 Å². The lowest BCUT2D eigenvalue weighted by Gasteiger charge is -2.01. The summed E-state index contributed by atoms with van der Waals surface area (Å²) < 4.78 is 26.8. The molecule has 1 aromatic carbocycles. The number of thiophene rings is 1. The maximum absolute atomic E-state index is 13.9. The predicted octanol–water partition coefficient (Wildman–Crippen LogP) is 2.82. The zero-order valence-electron chi connectivity index (χ0n) is 10.3. The third-order valence-corrected chi connectivity index (χ3v) is 4.21. The molecule has 7 heteroatoms. The van der Waals surface area contributed by atoms with Crippen molar-refractivity contribution in [2.24, 2.45) is 0 Å². The molecule has 0 aliphatic heterocycles. The van der Waals surface area contributed by atoms with Crippen molar-refractivity contribution in [1.29, 1.82) is 0 Å². The Kier molecular flexibility index (Phi) is 2.79. The van der Waals surface area contributed by atoms with E-state index in [1.165, 1.54) is 12.1 Å². The second-order valence-corrected chi connectivity index (χ2v) is 5.31. The number of nitrogens with two attached hydrogens (primary N) is 1. The Hall–Kier alpha value is -2.28. The fourth-order valence-electron chi connectivity index (χ4n) is 2.09. The molecule has 2 aromatic heterocycles. The molecule has 3 N–H and O–H groups in total. The van der Waals surface area contributed by atoms with Crippen LogP contribution in [-0.2, 0) is 0 Å². The number of hydrogen-bond acceptors (Lipinski definition) is 4. The van der Waals surface area contributed by atoms with Gasteiger partial charge in [-0.2, -0.15) is 0 Å². The van der Waals surface area contributed by atoms with Gasteiger partial charge in [-0.05, 0) is 24.6 Å². The Bertz CT molecular complexity index is 885. The summed E-state index contributed by atoms with van der Waals surface area (Å²) in [5.41, 5.74) is 5.96. The highest BCUT2D eigenvalue weighted by molar-refractivity contribution is 7.22. The molecule has 102 valence electrons. The van der Waals surface area contributed by atoms with E-state index in [2.05, 4.69) is 9.97 Å². The summed E-state index contributed by atoms with van der Waals surface area (Å²) >= 11 is 1.15. The molecule has 3 aromatic rings. The Labute approximate surface area is 115 Å². The van der Waals surface area contributed by atoms with Crippen molar-refractivity contribution in [3.63, 3.8) is 0 Å². The molecule has 0 unspecified atom stereocenters. The van der Waals surface area contributed by atoms with Crippen LogP contribution in [0.3, 0.4) is 0 Å². The predicted molar refractivity (Wildman–Crippen MR) is 74.7 cm³/mol. The lowest BCUT2D eigenvalue weighted by atomic mass is 10.1. The number of anilines is 1. The lowest BCUT2D eigenvalue weighted by molar-refractivity contribution is 0.586. The van der Waals surface area contributed by atoms with E-state index in [9.17, 15) is 13.6 Å². The zero-order chi connectivity index (χ0) is 14.4. The van der Waals surface area contributed by atoms with Crippen molar-refractivity contribution < 1.29 is 8.78 Å². The molecule has 0 spiro atoms. The number of aryl methyl sites for hydroxylation is 1. The minimum Gasteiger partial charge on any atom is -0.369 e. The molecule has 3 rings (SSSR count). The monoisotopic (exact) mass is 293 g/mol. The van der Waals surface area contributed by atoms with Gasteiger partial charge in [0.2, 0.25) is 5.95 Å². The molecule has 2 heterocycles. The second-order valence-electron chi connectivity index (χ2n) is 4.31. The molecule has 0 amide bonds. The van der Waals surface area contributed by atoms with E-state index in [0.29, 0.717) is 20.7 Å². The van der Waals surface area contributed by atoms with Gasteiger partial charge in [-0.3, -0.25) is 9.78 Å². The molecule has 0 aliphatic carbocycles. The van der Waals surface area contributed by atoms with Crippen LogP contribution < -0.4 is 11.3 Å². The summed E-state index contributed by atoms with van der Waals surface area (Å²) in [5.74, 6) is -1.32. The smallest absolute Gasteiger partial charge is 0.261 e. The fraction of sp³-hybridized carbons (Fsp3) is 0.0769. The SMILES string of the molecule is Cc1c(-c2ccc(F)cc2F)sc2nc(N)[nH]c(=O)c12. The van der Waals surface area contributed by atoms with Gasteiger partial charge in [-0.1, -0.05) is 0 Å². The average Bonchev–Trinajstić information content (AvgIpc) is 2.66. The number of rotatable bonds is 1. The third kappa shape index (κ3) is 1.87.